The molecule has 1 aliphatic heterocycles. The number of morpholine rings is 1. The second-order valence-electron chi connectivity index (χ2n) is 5.53. The molecule has 1 atom stereocenters. The summed E-state index contributed by atoms with van der Waals surface area (Å²) in [4.78, 5) is 10.7. The molecule has 1 unspecified atom stereocenters. The quantitative estimate of drug-likeness (QED) is 0.829. The molecule has 1 saturated carbocycles. The van der Waals surface area contributed by atoms with Crippen LogP contribution in [0.2, 0.25) is 5.15 Å². The van der Waals surface area contributed by atoms with Crippen LogP contribution in [-0.4, -0.2) is 54.1 Å². The minimum absolute atomic E-state index is 0.230. The van der Waals surface area contributed by atoms with Crippen LogP contribution < -0.4 is 9.64 Å². The standard InChI is InChI=1S/C14H20ClN3O3/c1-9-16-13(15)12(21-8-11(19)10-2-3-10)14(17-9)18-4-6-20-7-5-18/h10-11,19H,2-8H2,1H3. The first-order valence-corrected chi connectivity index (χ1v) is 7.70. The third kappa shape index (κ3) is 3.56. The van der Waals surface area contributed by atoms with Crippen LogP contribution in [-0.2, 0) is 4.74 Å². The highest BCUT2D eigenvalue weighted by atomic mass is 35.5. The first-order valence-electron chi connectivity index (χ1n) is 7.33. The van der Waals surface area contributed by atoms with Gasteiger partial charge >= 0.3 is 0 Å². The summed E-state index contributed by atoms with van der Waals surface area (Å²) in [5, 5.41) is 10.3. The lowest BCUT2D eigenvalue weighted by molar-refractivity contribution is 0.0886. The molecule has 6 nitrogen and oxygen atoms in total. The minimum atomic E-state index is -0.445. The zero-order valence-corrected chi connectivity index (χ0v) is 12.8. The zero-order valence-electron chi connectivity index (χ0n) is 12.1. The van der Waals surface area contributed by atoms with Gasteiger partial charge in [-0.3, -0.25) is 0 Å². The van der Waals surface area contributed by atoms with Crippen LogP contribution in [0.4, 0.5) is 5.82 Å². The maximum Gasteiger partial charge on any atom is 0.199 e. The lowest BCUT2D eigenvalue weighted by atomic mass is 10.2. The van der Waals surface area contributed by atoms with E-state index < -0.39 is 6.10 Å². The highest BCUT2D eigenvalue weighted by molar-refractivity contribution is 6.31. The average Bonchev–Trinajstić information content (AvgIpc) is 3.31. The second-order valence-corrected chi connectivity index (χ2v) is 5.89. The molecule has 1 aromatic heterocycles. The Morgan fingerprint density at radius 1 is 1.38 bits per heavy atom. The molecule has 0 aromatic carbocycles. The maximum atomic E-state index is 9.95. The molecule has 1 aromatic rings. The molecule has 0 spiro atoms. The first-order chi connectivity index (χ1) is 10.1. The number of rotatable bonds is 5. The molecular weight excluding hydrogens is 294 g/mol. The molecule has 2 fully saturated rings. The van der Waals surface area contributed by atoms with E-state index in [0.717, 1.165) is 25.9 Å². The van der Waals surface area contributed by atoms with Gasteiger partial charge in [-0.2, -0.15) is 0 Å². The summed E-state index contributed by atoms with van der Waals surface area (Å²) < 4.78 is 11.1. The van der Waals surface area contributed by atoms with Crippen molar-refractivity contribution in [2.45, 2.75) is 25.9 Å². The van der Waals surface area contributed by atoms with Gasteiger partial charge in [-0.25, -0.2) is 9.97 Å². The van der Waals surface area contributed by atoms with Crippen LogP contribution in [0.1, 0.15) is 18.7 Å². The molecule has 1 aliphatic carbocycles. The van der Waals surface area contributed by atoms with Gasteiger partial charge in [-0.1, -0.05) is 11.6 Å². The fraction of sp³-hybridized carbons (Fsp3) is 0.714. The van der Waals surface area contributed by atoms with Crippen molar-refractivity contribution < 1.29 is 14.6 Å². The van der Waals surface area contributed by atoms with Crippen molar-refractivity contribution in [3.63, 3.8) is 0 Å². The first kappa shape index (κ1) is 14.8. The smallest absolute Gasteiger partial charge is 0.199 e. The van der Waals surface area contributed by atoms with Gasteiger partial charge in [0, 0.05) is 13.1 Å². The number of nitrogens with zero attached hydrogens (tertiary/aromatic N) is 3. The number of ether oxygens (including phenoxy) is 2. The third-order valence-electron chi connectivity index (χ3n) is 3.79. The molecule has 0 radical (unpaired) electrons. The predicted molar refractivity (Wildman–Crippen MR) is 79.0 cm³/mol. The molecule has 0 bridgehead atoms. The topological polar surface area (TPSA) is 67.7 Å². The van der Waals surface area contributed by atoms with Gasteiger partial charge < -0.3 is 19.5 Å². The number of aliphatic hydroxyl groups is 1. The van der Waals surface area contributed by atoms with Gasteiger partial charge in [0.1, 0.15) is 12.4 Å². The van der Waals surface area contributed by atoms with Crippen molar-refractivity contribution in [3.05, 3.63) is 11.0 Å². The highest BCUT2D eigenvalue weighted by Gasteiger charge is 2.31. The van der Waals surface area contributed by atoms with Crippen molar-refractivity contribution in [2.75, 3.05) is 37.8 Å². The predicted octanol–water partition coefficient (Wildman–Crippen LogP) is 1.42. The monoisotopic (exact) mass is 313 g/mol. The van der Waals surface area contributed by atoms with Crippen LogP contribution in [0.5, 0.6) is 5.75 Å². The summed E-state index contributed by atoms with van der Waals surface area (Å²) in [6.45, 7) is 4.84. The van der Waals surface area contributed by atoms with Crippen LogP contribution >= 0.6 is 11.6 Å². The van der Waals surface area contributed by atoms with Crippen LogP contribution in [0.25, 0.3) is 0 Å². The van der Waals surface area contributed by atoms with E-state index in [1.807, 2.05) is 0 Å². The number of hydrogen-bond donors (Lipinski definition) is 1. The number of aryl methyl sites for hydroxylation is 1. The summed E-state index contributed by atoms with van der Waals surface area (Å²) in [5.74, 6) is 2.13. The fourth-order valence-electron chi connectivity index (χ4n) is 2.41. The second kappa shape index (κ2) is 6.34. The van der Waals surface area contributed by atoms with Gasteiger partial charge in [0.25, 0.3) is 0 Å². The molecule has 116 valence electrons. The van der Waals surface area contributed by atoms with E-state index >= 15 is 0 Å². The fourth-order valence-corrected chi connectivity index (χ4v) is 2.67. The normalized spacial score (nSPS) is 20.4. The van der Waals surface area contributed by atoms with Gasteiger partial charge in [-0.15, -0.1) is 0 Å². The Morgan fingerprint density at radius 2 is 2.10 bits per heavy atom. The summed E-state index contributed by atoms with van der Waals surface area (Å²) in [6.07, 6.45) is 1.69. The third-order valence-corrected chi connectivity index (χ3v) is 4.05. The van der Waals surface area contributed by atoms with Gasteiger partial charge in [0.2, 0.25) is 0 Å². The van der Waals surface area contributed by atoms with E-state index in [9.17, 15) is 5.11 Å². The zero-order chi connectivity index (χ0) is 14.8. The van der Waals surface area contributed by atoms with Gasteiger partial charge in [0.05, 0.1) is 19.3 Å². The molecule has 21 heavy (non-hydrogen) atoms. The average molecular weight is 314 g/mol. The lowest BCUT2D eigenvalue weighted by Gasteiger charge is -2.29. The van der Waals surface area contributed by atoms with Gasteiger partial charge in [0.15, 0.2) is 16.7 Å². The van der Waals surface area contributed by atoms with E-state index in [2.05, 4.69) is 14.9 Å². The maximum absolute atomic E-state index is 9.95. The Kier molecular flexibility index (Phi) is 4.47. The van der Waals surface area contributed by atoms with Crippen molar-refractivity contribution in [3.8, 4) is 5.75 Å². The highest BCUT2D eigenvalue weighted by Crippen LogP contribution is 2.36. The number of aromatic nitrogens is 2. The Hall–Kier alpha value is -1.11. The number of anilines is 1. The SMILES string of the molecule is Cc1nc(Cl)c(OCC(O)C2CC2)c(N2CCOCC2)n1. The molecule has 1 saturated heterocycles. The summed E-state index contributed by atoms with van der Waals surface area (Å²) in [6, 6.07) is 0. The largest absolute Gasteiger partial charge is 0.484 e. The number of hydrogen-bond acceptors (Lipinski definition) is 6. The Bertz CT molecular complexity index is 504. The molecule has 1 N–H and O–H groups in total. The van der Waals surface area contributed by atoms with Crippen LogP contribution in [0.15, 0.2) is 0 Å². The Morgan fingerprint density at radius 3 is 2.76 bits per heavy atom. The summed E-state index contributed by atoms with van der Waals surface area (Å²) in [7, 11) is 0. The molecular formula is C14H20ClN3O3. The van der Waals surface area contributed by atoms with E-state index in [4.69, 9.17) is 21.1 Å². The lowest BCUT2D eigenvalue weighted by Crippen LogP contribution is -2.37. The molecule has 2 heterocycles. The van der Waals surface area contributed by atoms with Gasteiger partial charge in [-0.05, 0) is 25.7 Å². The van der Waals surface area contributed by atoms with Crippen molar-refractivity contribution in [2.24, 2.45) is 5.92 Å². The van der Waals surface area contributed by atoms with Crippen molar-refractivity contribution in [1.82, 2.24) is 9.97 Å². The van der Waals surface area contributed by atoms with E-state index in [0.29, 0.717) is 41.7 Å². The van der Waals surface area contributed by atoms with E-state index in [1.165, 1.54) is 0 Å². The van der Waals surface area contributed by atoms with Crippen LogP contribution in [0.3, 0.4) is 0 Å². The number of aliphatic hydroxyl groups excluding tert-OH is 1. The van der Waals surface area contributed by atoms with Crippen molar-refractivity contribution >= 4 is 17.4 Å². The van der Waals surface area contributed by atoms with E-state index in [1.54, 1.807) is 6.92 Å². The number of halogens is 1. The summed E-state index contributed by atoms with van der Waals surface area (Å²) in [5.41, 5.74) is 0. The van der Waals surface area contributed by atoms with E-state index in [-0.39, 0.29) is 6.61 Å². The molecule has 2 aliphatic rings. The van der Waals surface area contributed by atoms with Crippen LogP contribution in [0, 0.1) is 12.8 Å². The minimum Gasteiger partial charge on any atom is -0.484 e. The van der Waals surface area contributed by atoms with Crippen molar-refractivity contribution in [1.29, 1.82) is 0 Å². The molecule has 7 heteroatoms. The Labute approximate surface area is 129 Å². The Balaban J connectivity index is 1.78. The molecule has 0 amide bonds. The summed E-state index contributed by atoms with van der Waals surface area (Å²) >= 11 is 6.22. The molecule has 3 rings (SSSR count).